The maximum Gasteiger partial charge on any atom is 0.416 e. The number of benzene rings is 1. The van der Waals surface area contributed by atoms with Crippen LogP contribution in [0.1, 0.15) is 11.1 Å². The Morgan fingerprint density at radius 1 is 1.41 bits per heavy atom. The molecule has 0 unspecified atom stereocenters. The van der Waals surface area contributed by atoms with Gasteiger partial charge in [0.1, 0.15) is 0 Å². The van der Waals surface area contributed by atoms with E-state index in [0.717, 1.165) is 12.1 Å². The second-order valence-electron chi connectivity index (χ2n) is 3.01. The Hall–Kier alpha value is -1.50. The molecule has 17 heavy (non-hydrogen) atoms. The van der Waals surface area contributed by atoms with Crippen LogP contribution in [0.25, 0.3) is 0 Å². The fraction of sp³-hybridized carbons (Fsp3) is 0.200. The molecule has 0 aliphatic heterocycles. The molecule has 2 N–H and O–H groups in total. The van der Waals surface area contributed by atoms with Crippen LogP contribution in [0.5, 0.6) is 0 Å². The summed E-state index contributed by atoms with van der Waals surface area (Å²) in [5, 5.41) is 7.40. The molecule has 92 valence electrons. The minimum Gasteiger partial charge on any atom is -0.377 e. The van der Waals surface area contributed by atoms with Crippen molar-refractivity contribution in [2.24, 2.45) is 15.9 Å². The topological polar surface area (TPSA) is 50.7 Å². The van der Waals surface area contributed by atoms with Gasteiger partial charge < -0.3 is 5.73 Å². The maximum absolute atomic E-state index is 12.4. The van der Waals surface area contributed by atoms with Crippen LogP contribution >= 0.6 is 11.8 Å². The molecule has 0 radical (unpaired) electrons. The summed E-state index contributed by atoms with van der Waals surface area (Å²) in [7, 11) is 0. The average molecular weight is 261 g/mol. The molecule has 0 heterocycles. The Labute approximate surface area is 101 Å². The molecule has 0 aliphatic carbocycles. The van der Waals surface area contributed by atoms with Crippen LogP contribution in [-0.4, -0.2) is 17.6 Å². The average Bonchev–Trinajstić information content (AvgIpc) is 2.28. The minimum atomic E-state index is -4.36. The Balaban J connectivity index is 2.87. The van der Waals surface area contributed by atoms with Gasteiger partial charge >= 0.3 is 6.18 Å². The van der Waals surface area contributed by atoms with E-state index in [1.807, 2.05) is 0 Å². The standard InChI is InChI=1S/C10H10F3N3S/c1-17-9(14)16-15-6-7-3-2-4-8(5-7)10(11,12)13/h2-6H,1H3,(H2,14,16)/b15-6-. The van der Waals surface area contributed by atoms with Gasteiger partial charge in [-0.3, -0.25) is 0 Å². The first-order valence-electron chi connectivity index (χ1n) is 4.51. The van der Waals surface area contributed by atoms with E-state index in [2.05, 4.69) is 10.2 Å². The van der Waals surface area contributed by atoms with Crippen molar-refractivity contribution in [3.63, 3.8) is 0 Å². The molecule has 0 fully saturated rings. The van der Waals surface area contributed by atoms with Crippen molar-refractivity contribution < 1.29 is 13.2 Å². The van der Waals surface area contributed by atoms with E-state index in [9.17, 15) is 13.2 Å². The smallest absolute Gasteiger partial charge is 0.377 e. The van der Waals surface area contributed by atoms with E-state index in [1.54, 1.807) is 6.26 Å². The van der Waals surface area contributed by atoms with Gasteiger partial charge in [-0.15, -0.1) is 5.10 Å². The van der Waals surface area contributed by atoms with Crippen molar-refractivity contribution in [1.29, 1.82) is 0 Å². The molecule has 0 atom stereocenters. The van der Waals surface area contributed by atoms with E-state index in [0.29, 0.717) is 5.56 Å². The van der Waals surface area contributed by atoms with Gasteiger partial charge in [0.05, 0.1) is 11.8 Å². The summed E-state index contributed by atoms with van der Waals surface area (Å²) in [4.78, 5) is 0. The zero-order chi connectivity index (χ0) is 12.9. The number of amidine groups is 1. The summed E-state index contributed by atoms with van der Waals surface area (Å²) in [6, 6.07) is 4.81. The molecule has 1 rings (SSSR count). The van der Waals surface area contributed by atoms with Crippen molar-refractivity contribution >= 4 is 23.1 Å². The fourth-order valence-electron chi connectivity index (χ4n) is 0.989. The van der Waals surface area contributed by atoms with Crippen LogP contribution < -0.4 is 5.73 Å². The maximum atomic E-state index is 12.4. The predicted octanol–water partition coefficient (Wildman–Crippen LogP) is 2.72. The fourth-order valence-corrected chi connectivity index (χ4v) is 1.12. The third-order valence-corrected chi connectivity index (χ3v) is 2.29. The number of alkyl halides is 3. The predicted molar refractivity (Wildman–Crippen MR) is 64.2 cm³/mol. The number of rotatable bonds is 2. The first-order chi connectivity index (χ1) is 7.93. The highest BCUT2D eigenvalue weighted by atomic mass is 32.2. The molecule has 0 amide bonds. The molecule has 0 aromatic heterocycles. The monoisotopic (exact) mass is 261 g/mol. The summed E-state index contributed by atoms with van der Waals surface area (Å²) in [6.45, 7) is 0. The number of nitrogens with two attached hydrogens (primary N) is 1. The van der Waals surface area contributed by atoms with Crippen molar-refractivity contribution in [3.8, 4) is 0 Å². The largest absolute Gasteiger partial charge is 0.416 e. The molecule has 0 bridgehead atoms. The van der Waals surface area contributed by atoms with Crippen LogP contribution in [0.4, 0.5) is 13.2 Å². The molecule has 1 aromatic carbocycles. The first kappa shape index (κ1) is 13.6. The lowest BCUT2D eigenvalue weighted by Gasteiger charge is -2.06. The number of hydrogen-bond donors (Lipinski definition) is 1. The molecule has 0 saturated heterocycles. The van der Waals surface area contributed by atoms with Gasteiger partial charge in [-0.2, -0.15) is 18.3 Å². The molecule has 0 spiro atoms. The highest BCUT2D eigenvalue weighted by Crippen LogP contribution is 2.29. The van der Waals surface area contributed by atoms with Crippen molar-refractivity contribution in [2.45, 2.75) is 6.18 Å². The number of thioether (sulfide) groups is 1. The molecule has 0 aliphatic rings. The SMILES string of the molecule is CS/C(N)=N/N=C\c1cccc(C(F)(F)F)c1. The third-order valence-electron chi connectivity index (χ3n) is 1.79. The molecular weight excluding hydrogens is 251 g/mol. The lowest BCUT2D eigenvalue weighted by Crippen LogP contribution is -2.05. The molecule has 3 nitrogen and oxygen atoms in total. The molecule has 1 aromatic rings. The summed E-state index contributed by atoms with van der Waals surface area (Å²) in [5.41, 5.74) is 4.95. The zero-order valence-corrected chi connectivity index (χ0v) is 9.72. The number of halogens is 3. The molecule has 0 saturated carbocycles. The van der Waals surface area contributed by atoms with Crippen LogP contribution in [0.3, 0.4) is 0 Å². The lowest BCUT2D eigenvalue weighted by molar-refractivity contribution is -0.137. The van der Waals surface area contributed by atoms with Crippen molar-refractivity contribution in [2.75, 3.05) is 6.26 Å². The first-order valence-corrected chi connectivity index (χ1v) is 5.73. The van der Waals surface area contributed by atoms with Crippen LogP contribution in [0.2, 0.25) is 0 Å². The summed E-state index contributed by atoms with van der Waals surface area (Å²) in [6.07, 6.45) is -1.41. The van der Waals surface area contributed by atoms with Gasteiger partial charge in [-0.1, -0.05) is 23.9 Å². The van der Waals surface area contributed by atoms with Gasteiger partial charge in [0.2, 0.25) is 0 Å². The minimum absolute atomic E-state index is 0.244. The van der Waals surface area contributed by atoms with Gasteiger partial charge in [-0.25, -0.2) is 0 Å². The zero-order valence-electron chi connectivity index (χ0n) is 8.90. The van der Waals surface area contributed by atoms with Crippen molar-refractivity contribution in [3.05, 3.63) is 35.4 Å². The number of hydrogen-bond acceptors (Lipinski definition) is 3. The van der Waals surface area contributed by atoms with Gasteiger partial charge in [0, 0.05) is 0 Å². The van der Waals surface area contributed by atoms with E-state index in [4.69, 9.17) is 5.73 Å². The van der Waals surface area contributed by atoms with Crippen LogP contribution in [0, 0.1) is 0 Å². The Morgan fingerprint density at radius 3 is 2.71 bits per heavy atom. The Bertz CT molecular complexity index is 441. The summed E-state index contributed by atoms with van der Waals surface area (Å²) < 4.78 is 37.1. The number of nitrogens with zero attached hydrogens (tertiary/aromatic N) is 2. The highest BCUT2D eigenvalue weighted by molar-refractivity contribution is 8.13. The van der Waals surface area contributed by atoms with Crippen molar-refractivity contribution in [1.82, 2.24) is 0 Å². The quantitative estimate of drug-likeness (QED) is 0.505. The second kappa shape index (κ2) is 5.72. The van der Waals surface area contributed by atoms with Crippen LogP contribution in [-0.2, 0) is 6.18 Å². The third kappa shape index (κ3) is 4.48. The molecular formula is C10H10F3N3S. The Kier molecular flexibility index (Phi) is 4.56. The van der Waals surface area contributed by atoms with E-state index in [-0.39, 0.29) is 5.17 Å². The van der Waals surface area contributed by atoms with E-state index >= 15 is 0 Å². The lowest BCUT2D eigenvalue weighted by atomic mass is 10.1. The summed E-state index contributed by atoms with van der Waals surface area (Å²) >= 11 is 1.20. The molecule has 7 heteroatoms. The second-order valence-corrected chi connectivity index (χ2v) is 3.84. The summed E-state index contributed by atoms with van der Waals surface area (Å²) in [5.74, 6) is 0. The van der Waals surface area contributed by atoms with E-state index < -0.39 is 11.7 Å². The van der Waals surface area contributed by atoms with Crippen LogP contribution in [0.15, 0.2) is 34.5 Å². The van der Waals surface area contributed by atoms with E-state index in [1.165, 1.54) is 30.1 Å². The normalized spacial score (nSPS) is 13.3. The highest BCUT2D eigenvalue weighted by Gasteiger charge is 2.30. The van der Waals surface area contributed by atoms with Gasteiger partial charge in [0.25, 0.3) is 0 Å². The van der Waals surface area contributed by atoms with Gasteiger partial charge in [0.15, 0.2) is 5.17 Å². The Morgan fingerprint density at radius 2 is 2.12 bits per heavy atom. The van der Waals surface area contributed by atoms with Gasteiger partial charge in [-0.05, 0) is 24.0 Å².